The largest absolute Gasteiger partial charge is 0.507 e. The number of esters is 1. The summed E-state index contributed by atoms with van der Waals surface area (Å²) in [6.07, 6.45) is 0.476. The summed E-state index contributed by atoms with van der Waals surface area (Å²) in [5.74, 6) is -1.80. The molecule has 1 fully saturated rings. The van der Waals surface area contributed by atoms with Crippen molar-refractivity contribution in [2.45, 2.75) is 26.3 Å². The van der Waals surface area contributed by atoms with Crippen LogP contribution in [0.4, 0.5) is 0 Å². The lowest BCUT2D eigenvalue weighted by Crippen LogP contribution is -2.31. The van der Waals surface area contributed by atoms with Crippen LogP contribution in [-0.2, 0) is 19.1 Å². The van der Waals surface area contributed by atoms with Gasteiger partial charge >= 0.3 is 5.97 Å². The van der Waals surface area contributed by atoms with Crippen molar-refractivity contribution in [3.05, 3.63) is 64.2 Å². The van der Waals surface area contributed by atoms with Gasteiger partial charge in [0.15, 0.2) is 0 Å². The SMILES string of the molecule is CCOc1ccc(Cl)c(/C(O)=C2\C(=O)C(=O)N(CCCOC)C2c2cccc(OC(C)=O)c2)c1. The number of ketones is 1. The van der Waals surface area contributed by atoms with Crippen LogP contribution in [-0.4, -0.2) is 54.5 Å². The van der Waals surface area contributed by atoms with Crippen molar-refractivity contribution in [3.8, 4) is 11.5 Å². The van der Waals surface area contributed by atoms with Crippen LogP contribution in [0.25, 0.3) is 5.76 Å². The molecular formula is C25H26ClNO7. The molecule has 1 amide bonds. The van der Waals surface area contributed by atoms with Gasteiger partial charge in [0.25, 0.3) is 11.7 Å². The summed E-state index contributed by atoms with van der Waals surface area (Å²) >= 11 is 6.34. The van der Waals surface area contributed by atoms with Gasteiger partial charge in [0.2, 0.25) is 0 Å². The molecule has 0 aliphatic carbocycles. The van der Waals surface area contributed by atoms with E-state index in [0.29, 0.717) is 30.9 Å². The average molecular weight is 488 g/mol. The lowest BCUT2D eigenvalue weighted by molar-refractivity contribution is -0.140. The lowest BCUT2D eigenvalue weighted by Gasteiger charge is -2.25. The minimum Gasteiger partial charge on any atom is -0.507 e. The number of Topliss-reactive ketones (excluding diaryl/α,β-unsaturated/α-hetero) is 1. The average Bonchev–Trinajstić information content (AvgIpc) is 3.05. The van der Waals surface area contributed by atoms with Gasteiger partial charge in [-0.15, -0.1) is 0 Å². The van der Waals surface area contributed by atoms with Gasteiger partial charge in [0.05, 0.1) is 23.2 Å². The number of halogens is 1. The van der Waals surface area contributed by atoms with Crippen molar-refractivity contribution in [1.82, 2.24) is 4.90 Å². The van der Waals surface area contributed by atoms with E-state index in [1.165, 1.54) is 17.9 Å². The number of amides is 1. The Hall–Kier alpha value is -3.36. The number of benzene rings is 2. The Balaban J connectivity index is 2.17. The third-order valence-corrected chi connectivity index (χ3v) is 5.56. The molecule has 180 valence electrons. The Morgan fingerprint density at radius 3 is 2.59 bits per heavy atom. The van der Waals surface area contributed by atoms with Crippen LogP contribution in [0.3, 0.4) is 0 Å². The van der Waals surface area contributed by atoms with Crippen LogP contribution in [0.5, 0.6) is 11.5 Å². The van der Waals surface area contributed by atoms with Crippen molar-refractivity contribution in [3.63, 3.8) is 0 Å². The Labute approximate surface area is 202 Å². The zero-order valence-corrected chi connectivity index (χ0v) is 19.9. The zero-order chi connectivity index (χ0) is 24.8. The van der Waals surface area contributed by atoms with E-state index in [0.717, 1.165) is 0 Å². The summed E-state index contributed by atoms with van der Waals surface area (Å²) < 4.78 is 15.8. The first-order valence-electron chi connectivity index (χ1n) is 10.8. The number of carbonyl (C=O) groups is 3. The van der Waals surface area contributed by atoms with Gasteiger partial charge in [-0.1, -0.05) is 23.7 Å². The molecule has 1 heterocycles. The third-order valence-electron chi connectivity index (χ3n) is 5.23. The molecule has 8 nitrogen and oxygen atoms in total. The summed E-state index contributed by atoms with van der Waals surface area (Å²) in [5, 5.41) is 11.4. The highest BCUT2D eigenvalue weighted by Gasteiger charge is 2.46. The minimum atomic E-state index is -0.917. The van der Waals surface area contributed by atoms with Crippen LogP contribution in [0.1, 0.15) is 37.4 Å². The Morgan fingerprint density at radius 1 is 1.15 bits per heavy atom. The maximum atomic E-state index is 13.1. The molecule has 0 radical (unpaired) electrons. The molecule has 2 aromatic carbocycles. The highest BCUT2D eigenvalue weighted by molar-refractivity contribution is 6.47. The Kier molecular flexibility index (Phi) is 8.31. The number of aliphatic hydroxyl groups is 1. The number of hydrogen-bond acceptors (Lipinski definition) is 7. The number of carbonyl (C=O) groups excluding carboxylic acids is 3. The van der Waals surface area contributed by atoms with Crippen LogP contribution in [0, 0.1) is 0 Å². The fourth-order valence-electron chi connectivity index (χ4n) is 3.84. The van der Waals surface area contributed by atoms with Gasteiger partial charge in [-0.2, -0.15) is 0 Å². The first kappa shape index (κ1) is 25.3. The molecule has 0 aromatic heterocycles. The molecule has 1 saturated heterocycles. The smallest absolute Gasteiger partial charge is 0.308 e. The van der Waals surface area contributed by atoms with E-state index in [1.807, 2.05) is 6.92 Å². The van der Waals surface area contributed by atoms with E-state index in [1.54, 1.807) is 43.5 Å². The zero-order valence-electron chi connectivity index (χ0n) is 19.2. The molecular weight excluding hydrogens is 462 g/mol. The molecule has 34 heavy (non-hydrogen) atoms. The second-order valence-electron chi connectivity index (χ2n) is 7.58. The first-order valence-corrected chi connectivity index (χ1v) is 11.1. The molecule has 2 aromatic rings. The van der Waals surface area contributed by atoms with Crippen molar-refractivity contribution in [2.75, 3.05) is 26.9 Å². The molecule has 1 atom stereocenters. The van der Waals surface area contributed by atoms with Crippen molar-refractivity contribution >= 4 is 35.0 Å². The summed E-state index contributed by atoms with van der Waals surface area (Å²) in [6.45, 7) is 4.08. The van der Waals surface area contributed by atoms with Gasteiger partial charge in [0.1, 0.15) is 17.3 Å². The summed E-state index contributed by atoms with van der Waals surface area (Å²) in [6, 6.07) is 10.3. The highest BCUT2D eigenvalue weighted by atomic mass is 35.5. The predicted molar refractivity (Wildman–Crippen MR) is 126 cm³/mol. The van der Waals surface area contributed by atoms with E-state index >= 15 is 0 Å². The van der Waals surface area contributed by atoms with Gasteiger partial charge in [-0.3, -0.25) is 14.4 Å². The Bertz CT molecular complexity index is 1130. The number of aliphatic hydroxyl groups excluding tert-OH is 1. The van der Waals surface area contributed by atoms with E-state index in [4.69, 9.17) is 25.8 Å². The van der Waals surface area contributed by atoms with Crippen molar-refractivity contribution in [1.29, 1.82) is 0 Å². The minimum absolute atomic E-state index is 0.113. The topological polar surface area (TPSA) is 102 Å². The van der Waals surface area contributed by atoms with E-state index in [9.17, 15) is 19.5 Å². The summed E-state index contributed by atoms with van der Waals surface area (Å²) in [7, 11) is 1.54. The number of methoxy groups -OCH3 is 1. The Morgan fingerprint density at radius 2 is 1.91 bits per heavy atom. The van der Waals surface area contributed by atoms with Crippen molar-refractivity contribution < 1.29 is 33.7 Å². The number of nitrogens with zero attached hydrogens (tertiary/aromatic N) is 1. The molecule has 0 bridgehead atoms. The molecule has 3 rings (SSSR count). The van der Waals surface area contributed by atoms with E-state index < -0.39 is 29.5 Å². The van der Waals surface area contributed by atoms with Gasteiger partial charge in [0, 0.05) is 32.7 Å². The molecule has 1 unspecified atom stereocenters. The number of ether oxygens (including phenoxy) is 3. The van der Waals surface area contributed by atoms with Gasteiger partial charge in [-0.25, -0.2) is 0 Å². The third kappa shape index (κ3) is 5.40. The fraction of sp³-hybridized carbons (Fsp3) is 0.320. The quantitative estimate of drug-likeness (QED) is 0.142. The maximum absolute atomic E-state index is 13.1. The van der Waals surface area contributed by atoms with E-state index in [2.05, 4.69) is 0 Å². The van der Waals surface area contributed by atoms with Crippen molar-refractivity contribution in [2.24, 2.45) is 0 Å². The standard InChI is InChI=1S/C25H26ClNO7/c1-4-33-17-9-10-20(26)19(14-17)23(29)21-22(16-7-5-8-18(13-16)34-15(2)28)27(11-6-12-32-3)25(31)24(21)30/h5,7-10,13-14,22,29H,4,6,11-12H2,1-3H3/b23-21+. The summed E-state index contributed by atoms with van der Waals surface area (Å²) in [5.41, 5.74) is 0.551. The summed E-state index contributed by atoms with van der Waals surface area (Å²) in [4.78, 5) is 38.9. The van der Waals surface area contributed by atoms with Crippen LogP contribution < -0.4 is 9.47 Å². The molecule has 0 saturated carbocycles. The monoisotopic (exact) mass is 487 g/mol. The normalized spacial score (nSPS) is 17.2. The number of likely N-dealkylation sites (tertiary alicyclic amines) is 1. The molecule has 1 aliphatic heterocycles. The number of rotatable bonds is 9. The van der Waals surface area contributed by atoms with Crippen LogP contribution in [0.15, 0.2) is 48.0 Å². The van der Waals surface area contributed by atoms with Gasteiger partial charge < -0.3 is 24.2 Å². The maximum Gasteiger partial charge on any atom is 0.308 e. The predicted octanol–water partition coefficient (Wildman–Crippen LogP) is 4.12. The first-order chi connectivity index (χ1) is 16.3. The second-order valence-corrected chi connectivity index (χ2v) is 7.99. The number of hydrogen-bond donors (Lipinski definition) is 1. The second kappa shape index (κ2) is 11.2. The molecule has 1 N–H and O–H groups in total. The molecule has 9 heteroatoms. The highest BCUT2D eigenvalue weighted by Crippen LogP contribution is 2.41. The van der Waals surface area contributed by atoms with E-state index in [-0.39, 0.29) is 28.5 Å². The molecule has 1 aliphatic rings. The van der Waals surface area contributed by atoms with Gasteiger partial charge in [-0.05, 0) is 49.2 Å². The lowest BCUT2D eigenvalue weighted by atomic mass is 9.95. The fourth-order valence-corrected chi connectivity index (χ4v) is 4.04. The van der Waals surface area contributed by atoms with Crippen LogP contribution >= 0.6 is 11.6 Å². The van der Waals surface area contributed by atoms with Crippen LogP contribution in [0.2, 0.25) is 5.02 Å². The molecule has 0 spiro atoms.